The maximum absolute atomic E-state index is 5.74. The summed E-state index contributed by atoms with van der Waals surface area (Å²) in [6, 6.07) is 5.70. The summed E-state index contributed by atoms with van der Waals surface area (Å²) in [5.41, 5.74) is 6.45. The third-order valence-corrected chi connectivity index (χ3v) is 2.28. The third kappa shape index (κ3) is 1.72. The van der Waals surface area contributed by atoms with Gasteiger partial charge in [-0.2, -0.15) is 0 Å². The Morgan fingerprint density at radius 3 is 2.75 bits per heavy atom. The van der Waals surface area contributed by atoms with Gasteiger partial charge in [0, 0.05) is 4.47 Å². The van der Waals surface area contributed by atoms with E-state index in [0.717, 1.165) is 23.1 Å². The molecule has 1 fully saturated rings. The zero-order valence-corrected chi connectivity index (χ0v) is 8.17. The van der Waals surface area contributed by atoms with Crippen LogP contribution in [0.25, 0.3) is 0 Å². The zero-order valence-electron chi connectivity index (χ0n) is 6.59. The molecule has 0 spiro atoms. The fourth-order valence-electron chi connectivity index (χ4n) is 0.992. The highest BCUT2D eigenvalue weighted by molar-refractivity contribution is 9.10. The largest absolute Gasteiger partial charge is 0.488 e. The molecule has 2 rings (SSSR count). The first-order chi connectivity index (χ1) is 5.75. The molecule has 12 heavy (non-hydrogen) atoms. The molecular formula is C9H10BrNO. The van der Waals surface area contributed by atoms with Gasteiger partial charge in [0.05, 0.1) is 11.8 Å². The Bertz CT molecular complexity index is 297. The number of benzene rings is 1. The van der Waals surface area contributed by atoms with Gasteiger partial charge in [-0.15, -0.1) is 0 Å². The monoisotopic (exact) mass is 227 g/mol. The summed E-state index contributed by atoms with van der Waals surface area (Å²) in [6.45, 7) is 0. The molecule has 2 N–H and O–H groups in total. The van der Waals surface area contributed by atoms with Crippen molar-refractivity contribution in [3.8, 4) is 5.75 Å². The van der Waals surface area contributed by atoms with Gasteiger partial charge < -0.3 is 10.5 Å². The number of ether oxygens (including phenoxy) is 1. The van der Waals surface area contributed by atoms with E-state index in [-0.39, 0.29) is 0 Å². The number of hydrogen-bond acceptors (Lipinski definition) is 2. The van der Waals surface area contributed by atoms with Gasteiger partial charge in [0.15, 0.2) is 0 Å². The molecule has 0 radical (unpaired) electrons. The van der Waals surface area contributed by atoms with E-state index in [1.807, 2.05) is 18.2 Å². The van der Waals surface area contributed by atoms with Crippen LogP contribution in [0.4, 0.5) is 5.69 Å². The average molecular weight is 228 g/mol. The van der Waals surface area contributed by atoms with E-state index >= 15 is 0 Å². The lowest BCUT2D eigenvalue weighted by atomic mass is 10.3. The lowest BCUT2D eigenvalue weighted by Gasteiger charge is -2.06. The van der Waals surface area contributed by atoms with Crippen molar-refractivity contribution in [2.75, 3.05) is 5.73 Å². The molecule has 1 saturated carbocycles. The molecule has 0 saturated heterocycles. The summed E-state index contributed by atoms with van der Waals surface area (Å²) in [5.74, 6) is 0.806. The molecule has 0 heterocycles. The zero-order chi connectivity index (χ0) is 8.55. The Labute approximate surface area is 79.8 Å². The first-order valence-corrected chi connectivity index (χ1v) is 4.77. The molecule has 3 heteroatoms. The number of nitrogens with two attached hydrogens (primary N) is 1. The van der Waals surface area contributed by atoms with Crippen LogP contribution in [-0.2, 0) is 0 Å². The third-order valence-electron chi connectivity index (χ3n) is 1.79. The lowest BCUT2D eigenvalue weighted by Crippen LogP contribution is -1.99. The molecule has 0 aliphatic heterocycles. The van der Waals surface area contributed by atoms with E-state index in [1.54, 1.807) is 0 Å². The van der Waals surface area contributed by atoms with Gasteiger partial charge >= 0.3 is 0 Å². The van der Waals surface area contributed by atoms with Crippen molar-refractivity contribution in [3.63, 3.8) is 0 Å². The molecule has 1 aliphatic rings. The number of nitrogen functional groups attached to an aromatic ring is 1. The van der Waals surface area contributed by atoms with Crippen LogP contribution in [0.3, 0.4) is 0 Å². The Hall–Kier alpha value is -0.700. The molecule has 0 atom stereocenters. The number of rotatable bonds is 2. The second kappa shape index (κ2) is 2.98. The van der Waals surface area contributed by atoms with E-state index < -0.39 is 0 Å². The number of anilines is 1. The van der Waals surface area contributed by atoms with Crippen molar-refractivity contribution >= 4 is 21.6 Å². The van der Waals surface area contributed by atoms with Gasteiger partial charge in [-0.3, -0.25) is 0 Å². The minimum absolute atomic E-state index is 0.411. The quantitative estimate of drug-likeness (QED) is 0.789. The first kappa shape index (κ1) is 7.92. The van der Waals surface area contributed by atoms with Gasteiger partial charge in [-0.25, -0.2) is 0 Å². The van der Waals surface area contributed by atoms with E-state index in [0.29, 0.717) is 11.8 Å². The van der Waals surface area contributed by atoms with Crippen molar-refractivity contribution in [2.45, 2.75) is 18.9 Å². The smallest absolute Gasteiger partial charge is 0.142 e. The second-order valence-corrected chi connectivity index (χ2v) is 3.92. The summed E-state index contributed by atoms with van der Waals surface area (Å²) in [6.07, 6.45) is 2.74. The Kier molecular flexibility index (Phi) is 1.97. The van der Waals surface area contributed by atoms with Crippen LogP contribution in [0.2, 0.25) is 0 Å². The van der Waals surface area contributed by atoms with Crippen molar-refractivity contribution in [2.24, 2.45) is 0 Å². The molecule has 1 aliphatic carbocycles. The van der Waals surface area contributed by atoms with Crippen molar-refractivity contribution < 1.29 is 4.74 Å². The van der Waals surface area contributed by atoms with Crippen LogP contribution >= 0.6 is 15.9 Å². The highest BCUT2D eigenvalue weighted by Crippen LogP contribution is 2.31. The van der Waals surface area contributed by atoms with Gasteiger partial charge in [0.2, 0.25) is 0 Å². The van der Waals surface area contributed by atoms with Gasteiger partial charge in [-0.1, -0.05) is 15.9 Å². The molecule has 2 nitrogen and oxygen atoms in total. The fourth-order valence-corrected chi connectivity index (χ4v) is 1.37. The van der Waals surface area contributed by atoms with E-state index in [4.69, 9.17) is 10.5 Å². The predicted molar refractivity (Wildman–Crippen MR) is 52.2 cm³/mol. The molecule has 0 amide bonds. The maximum atomic E-state index is 5.74. The summed E-state index contributed by atoms with van der Waals surface area (Å²) in [7, 11) is 0. The van der Waals surface area contributed by atoms with Crippen LogP contribution < -0.4 is 10.5 Å². The first-order valence-electron chi connectivity index (χ1n) is 3.97. The van der Waals surface area contributed by atoms with E-state index in [9.17, 15) is 0 Å². The van der Waals surface area contributed by atoms with Crippen LogP contribution in [-0.4, -0.2) is 6.10 Å². The summed E-state index contributed by atoms with van der Waals surface area (Å²) < 4.78 is 6.55. The van der Waals surface area contributed by atoms with Gasteiger partial charge in [0.25, 0.3) is 0 Å². The average Bonchev–Trinajstić information content (AvgIpc) is 2.79. The molecule has 0 bridgehead atoms. The topological polar surface area (TPSA) is 35.2 Å². The molecular weight excluding hydrogens is 218 g/mol. The maximum Gasteiger partial charge on any atom is 0.142 e. The Balaban J connectivity index is 2.18. The summed E-state index contributed by atoms with van der Waals surface area (Å²) in [5, 5.41) is 0. The normalized spacial score (nSPS) is 16.1. The summed E-state index contributed by atoms with van der Waals surface area (Å²) >= 11 is 3.34. The van der Waals surface area contributed by atoms with Crippen molar-refractivity contribution in [1.82, 2.24) is 0 Å². The minimum Gasteiger partial charge on any atom is -0.488 e. The van der Waals surface area contributed by atoms with Crippen molar-refractivity contribution in [3.05, 3.63) is 22.7 Å². The van der Waals surface area contributed by atoms with Gasteiger partial charge in [0.1, 0.15) is 5.75 Å². The fraction of sp³-hybridized carbons (Fsp3) is 0.333. The molecule has 1 aromatic rings. The number of halogens is 1. The second-order valence-electron chi connectivity index (χ2n) is 3.00. The van der Waals surface area contributed by atoms with Gasteiger partial charge in [-0.05, 0) is 31.0 Å². The predicted octanol–water partition coefficient (Wildman–Crippen LogP) is 2.57. The SMILES string of the molecule is Nc1cc(Br)ccc1OC1CC1. The number of hydrogen-bond donors (Lipinski definition) is 1. The van der Waals surface area contributed by atoms with Crippen LogP contribution in [0, 0.1) is 0 Å². The van der Waals surface area contributed by atoms with E-state index in [1.165, 1.54) is 0 Å². The highest BCUT2D eigenvalue weighted by Gasteiger charge is 2.24. The Morgan fingerprint density at radius 1 is 1.42 bits per heavy atom. The standard InChI is InChI=1S/C9H10BrNO/c10-6-1-4-9(8(11)5-6)12-7-2-3-7/h1,4-5,7H,2-3,11H2. The van der Waals surface area contributed by atoms with Crippen LogP contribution in [0.15, 0.2) is 22.7 Å². The van der Waals surface area contributed by atoms with E-state index in [2.05, 4.69) is 15.9 Å². The highest BCUT2D eigenvalue weighted by atomic mass is 79.9. The molecule has 64 valence electrons. The molecule has 1 aromatic carbocycles. The summed E-state index contributed by atoms with van der Waals surface area (Å²) in [4.78, 5) is 0. The minimum atomic E-state index is 0.411. The lowest BCUT2D eigenvalue weighted by molar-refractivity contribution is 0.305. The Morgan fingerprint density at radius 2 is 2.17 bits per heavy atom. The van der Waals surface area contributed by atoms with Crippen LogP contribution in [0.5, 0.6) is 5.75 Å². The molecule has 0 unspecified atom stereocenters. The van der Waals surface area contributed by atoms with Crippen LogP contribution in [0.1, 0.15) is 12.8 Å². The van der Waals surface area contributed by atoms with Crippen molar-refractivity contribution in [1.29, 1.82) is 0 Å². The molecule has 0 aromatic heterocycles.